The van der Waals surface area contributed by atoms with Gasteiger partial charge in [-0.3, -0.25) is 25.3 Å². The first-order valence-electron chi connectivity index (χ1n) is 16.7. The number of hydrogen-bond acceptors (Lipinski definition) is 24. The fraction of sp³-hybridized carbons (Fsp3) is 0.538. The molecule has 0 aromatic carbocycles. The van der Waals surface area contributed by atoms with Crippen LogP contribution in [0.3, 0.4) is 0 Å². The van der Waals surface area contributed by atoms with Gasteiger partial charge in [-0.25, -0.2) is 30.6 Å². The Morgan fingerprint density at radius 3 is 0.493 bits per heavy atom. The largest absolute Gasteiger partial charge is 2.00 e. The van der Waals surface area contributed by atoms with Crippen molar-refractivity contribution < 1.29 is 42.3 Å². The predicted molar refractivity (Wildman–Crippen MR) is 332 cm³/mol. The predicted octanol–water partition coefficient (Wildman–Crippen LogP) is 9.10. The zero-order valence-corrected chi connectivity index (χ0v) is 58.9. The Labute approximate surface area is 523 Å². The molecule has 0 aliphatic rings. The van der Waals surface area contributed by atoms with E-state index in [-0.39, 0.29) is 17.1 Å². The van der Waals surface area contributed by atoms with Crippen LogP contribution in [0.2, 0.25) is 0 Å². The molecule has 0 aliphatic carbocycles. The van der Waals surface area contributed by atoms with Crippen LogP contribution >= 0.6 is 211 Å². The molecule has 6 rings (SSSR count). The van der Waals surface area contributed by atoms with Crippen molar-refractivity contribution in [1.29, 1.82) is 0 Å². The second-order valence-electron chi connectivity index (χ2n) is 11.3. The summed E-state index contributed by atoms with van der Waals surface area (Å²) in [6.45, 7) is 0. The summed E-state index contributed by atoms with van der Waals surface area (Å²) in [5, 5.41) is 25.4. The molecule has 0 saturated heterocycles. The molecule has 0 fully saturated rings. The van der Waals surface area contributed by atoms with E-state index in [1.54, 1.807) is 136 Å². The standard InChI is InChI=1S/2C6H3BN6S6.6C2H6OS.2CHCl3.Fe/c2*14-4-11(8-1-17-4)7(12-5(15)18-2-9-12)13-6(16)19-3-10-13;6*1-4(2)3;2*2-1(3)4;/h2*1-3H;6*1-2H3;2*1H;/q2*-1;;;;;;;;;+2. The smallest absolute Gasteiger partial charge is 0.401 e. The molecule has 0 atom stereocenters. The molecular weight excluding hydrogens is 1440 g/mol. The SMILES string of the molecule is CS(C)=O.CS(C)=O.CS(C)=O.CS(C)=O.CS(C)=O.CS(C)=O.ClC(Cl)Cl.ClC(Cl)Cl.S=c1scnn1[B-](n1ncsc1=S)n1ncsc1=S.S=c1scnn1[B-](n1ncsc1=S)n1ncsc1=S.[Fe+2]. The molecule has 2 radical (unpaired) electrons. The second-order valence-corrected chi connectivity index (χ2v) is 33.1. The summed E-state index contributed by atoms with van der Waals surface area (Å²) >= 11 is 68.6. The van der Waals surface area contributed by atoms with Crippen molar-refractivity contribution in [3.8, 4) is 0 Å². The van der Waals surface area contributed by atoms with Gasteiger partial charge in [-0.2, -0.15) is 0 Å². The van der Waals surface area contributed by atoms with Crippen LogP contribution in [0.25, 0.3) is 0 Å². The summed E-state index contributed by atoms with van der Waals surface area (Å²) in [7, 11) is -4.65. The van der Waals surface area contributed by atoms with Crippen LogP contribution in [0.15, 0.2) is 33.1 Å². The van der Waals surface area contributed by atoms with Gasteiger partial charge in [0.05, 0.1) is 33.1 Å². The summed E-state index contributed by atoms with van der Waals surface area (Å²) in [5.41, 5.74) is 10.0. The summed E-state index contributed by atoms with van der Waals surface area (Å²) in [5.74, 6) is 0. The number of halogens is 6. The van der Waals surface area contributed by atoms with Gasteiger partial charge in [0.25, 0.3) is 14.2 Å². The van der Waals surface area contributed by atoms with Crippen LogP contribution in [-0.2, 0) is 81.9 Å². The number of hydrogen-bond donors (Lipinski definition) is 0. The van der Waals surface area contributed by atoms with Gasteiger partial charge in [0.15, 0.2) is 8.59 Å². The molecular formula is C26H44B2Cl6FeN12O6S18. The first-order valence-corrected chi connectivity index (χ1v) is 38.9. The Bertz CT molecular complexity index is 2320. The minimum Gasteiger partial charge on any atom is -0.401 e. The topological polar surface area (TPSA) is 209 Å². The molecule has 0 bridgehead atoms. The first kappa shape index (κ1) is 81.8. The molecule has 0 saturated carbocycles. The van der Waals surface area contributed by atoms with Gasteiger partial charge < -0.3 is 27.6 Å². The number of rotatable bonds is 6. The Hall–Kier alpha value is 1.97. The molecule has 6 aromatic heterocycles. The monoisotopic (exact) mass is 1480 g/mol. The normalized spacial score (nSPS) is 9.97. The second kappa shape index (κ2) is 49.0. The van der Waals surface area contributed by atoms with Crippen molar-refractivity contribution in [3.05, 3.63) is 56.8 Å². The average molecular weight is 1490 g/mol. The van der Waals surface area contributed by atoms with Crippen LogP contribution in [-0.4, -0.2) is 181 Å². The molecule has 408 valence electrons. The van der Waals surface area contributed by atoms with E-state index in [4.69, 9.17) is 143 Å². The maximum atomic E-state index is 9.56. The number of nitrogens with zero attached hydrogens (tertiary/aromatic N) is 12. The molecule has 0 aliphatic heterocycles. The summed E-state index contributed by atoms with van der Waals surface area (Å²) in [6, 6.07) is 0. The van der Waals surface area contributed by atoms with Crippen molar-refractivity contribution in [2.45, 2.75) is 8.59 Å². The van der Waals surface area contributed by atoms with E-state index >= 15 is 0 Å². The van der Waals surface area contributed by atoms with Crippen LogP contribution < -0.4 is 0 Å². The third kappa shape index (κ3) is 47.7. The fourth-order valence-electron chi connectivity index (χ4n) is 2.87. The Balaban J connectivity index is -0.000000256. The van der Waals surface area contributed by atoms with E-state index in [2.05, 4.69) is 30.6 Å². The summed E-state index contributed by atoms with van der Waals surface area (Å²) in [6.07, 6.45) is 19.7. The van der Waals surface area contributed by atoms with E-state index in [0.29, 0.717) is 23.7 Å². The van der Waals surface area contributed by atoms with Crippen molar-refractivity contribution in [1.82, 2.24) is 58.1 Å². The van der Waals surface area contributed by atoms with Crippen LogP contribution in [0, 0.1) is 23.7 Å². The fourth-order valence-corrected chi connectivity index (χ4v) is 7.42. The van der Waals surface area contributed by atoms with Gasteiger partial charge in [0.2, 0.25) is 0 Å². The summed E-state index contributed by atoms with van der Waals surface area (Å²) in [4.78, 5) is 0. The van der Waals surface area contributed by atoms with E-state index in [9.17, 15) is 25.3 Å². The van der Waals surface area contributed by atoms with Gasteiger partial charge in [-0.15, -0.1) is 0 Å². The Kier molecular flexibility index (Phi) is 56.5. The summed E-state index contributed by atoms with van der Waals surface area (Å²) < 4.78 is 69.3. The first-order chi connectivity index (χ1) is 32.2. The number of alkyl halides is 6. The molecule has 0 spiro atoms. The van der Waals surface area contributed by atoms with Crippen LogP contribution in [0.4, 0.5) is 0 Å². The quantitative estimate of drug-likeness (QED) is 0.0865. The van der Waals surface area contributed by atoms with E-state index < -0.39 is 87.6 Å². The minimum absolute atomic E-state index is 0. The van der Waals surface area contributed by atoms with E-state index in [0.717, 1.165) is 0 Å². The zero-order chi connectivity index (χ0) is 55.4. The maximum Gasteiger partial charge on any atom is 2.00 e. The minimum atomic E-state index is -0.750. The van der Waals surface area contributed by atoms with Crippen molar-refractivity contribution in [3.63, 3.8) is 0 Å². The third-order valence-corrected chi connectivity index (χ3v) is 10.8. The van der Waals surface area contributed by atoms with Crippen molar-refractivity contribution in [2.75, 3.05) is 75.1 Å². The van der Waals surface area contributed by atoms with Gasteiger partial charge in [0.1, 0.15) is 23.7 Å². The Morgan fingerprint density at radius 1 is 0.352 bits per heavy atom. The van der Waals surface area contributed by atoms with Crippen LogP contribution in [0.5, 0.6) is 0 Å². The molecule has 0 unspecified atom stereocenters. The number of aromatic nitrogens is 12. The molecule has 6 aromatic rings. The zero-order valence-electron chi connectivity index (χ0n) is 38.6. The molecule has 71 heavy (non-hydrogen) atoms. The van der Waals surface area contributed by atoms with E-state index in [1.165, 1.54) is 68.0 Å². The molecule has 18 nitrogen and oxygen atoms in total. The van der Waals surface area contributed by atoms with E-state index in [1.807, 2.05) is 0 Å². The molecule has 45 heteroatoms. The van der Waals surface area contributed by atoms with Gasteiger partial charge in [-0.05, 0) is 0 Å². The van der Waals surface area contributed by atoms with Crippen molar-refractivity contribution >= 4 is 290 Å². The van der Waals surface area contributed by atoms with Gasteiger partial charge in [-0.1, -0.05) is 211 Å². The van der Waals surface area contributed by atoms with Gasteiger partial charge >= 0.3 is 17.1 Å². The molecule has 6 heterocycles. The Morgan fingerprint density at radius 2 is 0.437 bits per heavy atom. The van der Waals surface area contributed by atoms with Crippen molar-refractivity contribution in [2.24, 2.45) is 0 Å². The molecule has 0 amide bonds. The average Bonchev–Trinajstić information content (AvgIpc) is 4.05. The molecule has 0 N–H and O–H groups in total. The van der Waals surface area contributed by atoms with Gasteiger partial charge in [0, 0.05) is 140 Å². The third-order valence-electron chi connectivity index (χ3n) is 4.39. The van der Waals surface area contributed by atoms with Crippen LogP contribution in [0.1, 0.15) is 0 Å². The maximum absolute atomic E-state index is 9.56.